The van der Waals surface area contributed by atoms with Gasteiger partial charge in [0.15, 0.2) is 5.16 Å². The molecule has 5 nitrogen and oxygen atoms in total. The molecule has 5 N–H and O–H groups in total. The first-order valence-electron chi connectivity index (χ1n) is 4.84. The molecule has 2 rings (SSSR count). The molecule has 0 spiro atoms. The van der Waals surface area contributed by atoms with Gasteiger partial charge in [-0.15, -0.1) is 0 Å². The minimum atomic E-state index is -0.878. The number of thioether (sulfide) groups is 1. The summed E-state index contributed by atoms with van der Waals surface area (Å²) in [5, 5.41) is 0.770. The Hall–Kier alpha value is -1.01. The number of H-pyrrole nitrogens is 1. The topological polar surface area (TPSA) is 97.8 Å². The monoisotopic (exact) mass is 226 g/mol. The highest BCUT2D eigenvalue weighted by Gasteiger charge is 2.46. The van der Waals surface area contributed by atoms with Gasteiger partial charge in [0.05, 0.1) is 0 Å². The average molecular weight is 226 g/mol. The first-order valence-corrected chi connectivity index (χ1v) is 5.82. The maximum atomic E-state index is 11.3. The molecule has 0 aliphatic heterocycles. The van der Waals surface area contributed by atoms with Crippen molar-refractivity contribution < 1.29 is 4.79 Å². The minimum Gasteiger partial charge on any atom is -0.368 e. The van der Waals surface area contributed by atoms with E-state index in [1.807, 2.05) is 0 Å². The lowest BCUT2D eigenvalue weighted by Gasteiger charge is -2.24. The number of primary amides is 1. The fourth-order valence-corrected chi connectivity index (χ4v) is 2.55. The van der Waals surface area contributed by atoms with E-state index in [0.717, 1.165) is 18.0 Å². The Bertz CT molecular complexity index is 349. The molecule has 1 heterocycles. The Morgan fingerprint density at radius 2 is 2.47 bits per heavy atom. The Kier molecular flexibility index (Phi) is 2.70. The Morgan fingerprint density at radius 3 is 2.93 bits per heavy atom. The van der Waals surface area contributed by atoms with E-state index >= 15 is 0 Å². The number of amides is 1. The predicted molar refractivity (Wildman–Crippen MR) is 58.1 cm³/mol. The normalized spacial score (nSPS) is 19.8. The molecule has 1 saturated carbocycles. The molecule has 1 unspecified atom stereocenters. The highest BCUT2D eigenvalue weighted by atomic mass is 32.2. The SMILES string of the molecule is NC(=O)C(N)(CSc1ncc[nH]1)C1CC1. The van der Waals surface area contributed by atoms with Gasteiger partial charge in [-0.25, -0.2) is 4.98 Å². The number of aromatic nitrogens is 2. The number of imidazole rings is 1. The number of rotatable bonds is 5. The lowest BCUT2D eigenvalue weighted by Crippen LogP contribution is -2.56. The van der Waals surface area contributed by atoms with Crippen LogP contribution in [0, 0.1) is 5.92 Å². The third kappa shape index (κ3) is 2.15. The van der Waals surface area contributed by atoms with Gasteiger partial charge in [-0.2, -0.15) is 0 Å². The molecular formula is C9H14N4OS. The fourth-order valence-electron chi connectivity index (χ4n) is 1.51. The van der Waals surface area contributed by atoms with Crippen molar-refractivity contribution in [3.05, 3.63) is 12.4 Å². The van der Waals surface area contributed by atoms with Gasteiger partial charge in [0.1, 0.15) is 5.54 Å². The van der Waals surface area contributed by atoms with Crippen LogP contribution in [0.1, 0.15) is 12.8 Å². The van der Waals surface area contributed by atoms with Crippen LogP contribution in [0.3, 0.4) is 0 Å². The van der Waals surface area contributed by atoms with Crippen LogP contribution in [0.25, 0.3) is 0 Å². The Balaban J connectivity index is 1.98. The fraction of sp³-hybridized carbons (Fsp3) is 0.556. The number of hydrogen-bond donors (Lipinski definition) is 3. The van der Waals surface area contributed by atoms with E-state index in [1.165, 1.54) is 11.8 Å². The highest BCUT2D eigenvalue weighted by molar-refractivity contribution is 7.99. The zero-order valence-electron chi connectivity index (χ0n) is 8.27. The van der Waals surface area contributed by atoms with Gasteiger partial charge in [-0.3, -0.25) is 4.79 Å². The second-order valence-electron chi connectivity index (χ2n) is 3.86. The van der Waals surface area contributed by atoms with E-state index in [4.69, 9.17) is 11.5 Å². The number of aromatic amines is 1. The van der Waals surface area contributed by atoms with Crippen LogP contribution in [-0.4, -0.2) is 27.2 Å². The van der Waals surface area contributed by atoms with Crippen molar-refractivity contribution in [2.45, 2.75) is 23.5 Å². The van der Waals surface area contributed by atoms with Crippen LogP contribution in [0.2, 0.25) is 0 Å². The van der Waals surface area contributed by atoms with Gasteiger partial charge in [-0.05, 0) is 18.8 Å². The van der Waals surface area contributed by atoms with Crippen molar-refractivity contribution in [1.29, 1.82) is 0 Å². The van der Waals surface area contributed by atoms with Crippen LogP contribution in [-0.2, 0) is 4.79 Å². The smallest absolute Gasteiger partial charge is 0.238 e. The van der Waals surface area contributed by atoms with Gasteiger partial charge in [0, 0.05) is 18.1 Å². The molecule has 0 aromatic carbocycles. The molecule has 0 bridgehead atoms. The van der Waals surface area contributed by atoms with Gasteiger partial charge in [0.25, 0.3) is 0 Å². The molecule has 15 heavy (non-hydrogen) atoms. The van der Waals surface area contributed by atoms with E-state index < -0.39 is 11.4 Å². The highest BCUT2D eigenvalue weighted by Crippen LogP contribution is 2.40. The van der Waals surface area contributed by atoms with Crippen molar-refractivity contribution in [3.63, 3.8) is 0 Å². The van der Waals surface area contributed by atoms with Crippen molar-refractivity contribution in [3.8, 4) is 0 Å². The largest absolute Gasteiger partial charge is 0.368 e. The summed E-state index contributed by atoms with van der Waals surface area (Å²) in [6.07, 6.45) is 5.40. The molecule has 1 atom stereocenters. The molecule has 6 heteroatoms. The summed E-state index contributed by atoms with van der Waals surface area (Å²) >= 11 is 1.44. The summed E-state index contributed by atoms with van der Waals surface area (Å²) in [6, 6.07) is 0. The number of carbonyl (C=O) groups excluding carboxylic acids is 1. The summed E-state index contributed by atoms with van der Waals surface area (Å²) in [6.45, 7) is 0. The summed E-state index contributed by atoms with van der Waals surface area (Å²) in [7, 11) is 0. The molecule has 1 amide bonds. The first-order chi connectivity index (χ1) is 7.13. The standard InChI is InChI=1S/C9H14N4OS/c10-7(14)9(11,6-1-2-6)5-15-8-12-3-4-13-8/h3-4,6H,1-2,5,11H2,(H2,10,14)(H,12,13). The molecule has 1 aliphatic rings. The van der Waals surface area contributed by atoms with E-state index in [-0.39, 0.29) is 5.92 Å². The summed E-state index contributed by atoms with van der Waals surface area (Å²) in [5.74, 6) is 0.321. The lowest BCUT2D eigenvalue weighted by atomic mass is 9.96. The number of hydrogen-bond acceptors (Lipinski definition) is 4. The van der Waals surface area contributed by atoms with E-state index in [2.05, 4.69) is 9.97 Å². The quantitative estimate of drug-likeness (QED) is 0.620. The predicted octanol–water partition coefficient (Wildman–Crippen LogP) is 0.0946. The van der Waals surface area contributed by atoms with Crippen LogP contribution in [0.4, 0.5) is 0 Å². The van der Waals surface area contributed by atoms with Crippen molar-refractivity contribution in [1.82, 2.24) is 9.97 Å². The summed E-state index contributed by atoms with van der Waals surface area (Å²) in [4.78, 5) is 18.3. The van der Waals surface area contributed by atoms with E-state index in [9.17, 15) is 4.79 Å². The van der Waals surface area contributed by atoms with Crippen LogP contribution < -0.4 is 11.5 Å². The van der Waals surface area contributed by atoms with E-state index in [1.54, 1.807) is 12.4 Å². The van der Waals surface area contributed by atoms with Crippen LogP contribution in [0.15, 0.2) is 17.6 Å². The Labute approximate surface area is 92.0 Å². The van der Waals surface area contributed by atoms with Crippen LogP contribution in [0.5, 0.6) is 0 Å². The lowest BCUT2D eigenvalue weighted by molar-refractivity contribution is -0.123. The number of nitrogens with two attached hydrogens (primary N) is 2. The third-order valence-corrected chi connectivity index (χ3v) is 3.80. The first kappa shape index (κ1) is 10.5. The molecule has 1 fully saturated rings. The molecule has 0 radical (unpaired) electrons. The second-order valence-corrected chi connectivity index (χ2v) is 4.83. The van der Waals surface area contributed by atoms with Gasteiger partial charge >= 0.3 is 0 Å². The molecule has 1 aliphatic carbocycles. The molecule has 1 aromatic rings. The summed E-state index contributed by atoms with van der Waals surface area (Å²) in [5.41, 5.74) is 10.5. The van der Waals surface area contributed by atoms with Gasteiger partial charge in [-0.1, -0.05) is 11.8 Å². The second kappa shape index (κ2) is 3.86. The molecule has 1 aromatic heterocycles. The van der Waals surface area contributed by atoms with Crippen molar-refractivity contribution in [2.75, 3.05) is 5.75 Å². The van der Waals surface area contributed by atoms with Gasteiger partial charge < -0.3 is 16.5 Å². The van der Waals surface area contributed by atoms with Crippen molar-refractivity contribution in [2.24, 2.45) is 17.4 Å². The van der Waals surface area contributed by atoms with Crippen LogP contribution >= 0.6 is 11.8 Å². The van der Waals surface area contributed by atoms with Crippen molar-refractivity contribution >= 4 is 17.7 Å². The maximum absolute atomic E-state index is 11.3. The third-order valence-electron chi connectivity index (χ3n) is 2.69. The average Bonchev–Trinajstić information content (AvgIpc) is 2.93. The molecule has 0 saturated heterocycles. The maximum Gasteiger partial charge on any atom is 0.238 e. The van der Waals surface area contributed by atoms with E-state index in [0.29, 0.717) is 5.75 Å². The molecular weight excluding hydrogens is 212 g/mol. The number of nitrogens with zero attached hydrogens (tertiary/aromatic N) is 1. The van der Waals surface area contributed by atoms with Gasteiger partial charge in [0.2, 0.25) is 5.91 Å². The minimum absolute atomic E-state index is 0.248. The number of nitrogens with one attached hydrogen (secondary N) is 1. The zero-order valence-corrected chi connectivity index (χ0v) is 9.09. The number of carbonyl (C=O) groups is 1. The summed E-state index contributed by atoms with van der Waals surface area (Å²) < 4.78 is 0. The Morgan fingerprint density at radius 1 is 1.73 bits per heavy atom. The zero-order chi connectivity index (χ0) is 10.9. The molecule has 82 valence electrons.